The number of aliphatic hydroxyl groups excluding tert-OH is 4. The molecule has 0 radical (unpaired) electrons. The van der Waals surface area contributed by atoms with Crippen LogP contribution >= 0.6 is 0 Å². The van der Waals surface area contributed by atoms with Gasteiger partial charge in [0.15, 0.2) is 0 Å². The van der Waals surface area contributed by atoms with Gasteiger partial charge in [-0.05, 0) is 12.0 Å². The number of carbonyl (C=O) groups is 1. The van der Waals surface area contributed by atoms with Crippen molar-refractivity contribution in [2.45, 2.75) is 24.7 Å². The maximum Gasteiger partial charge on any atom is 0.321 e. The molecule has 0 aliphatic carbocycles. The maximum atomic E-state index is 11.6. The molecule has 0 aliphatic rings. The van der Waals surface area contributed by atoms with Crippen molar-refractivity contribution in [3.8, 4) is 0 Å². The molecule has 7 heteroatoms. The summed E-state index contributed by atoms with van der Waals surface area (Å²) in [5.41, 5.74) is 0.803. The number of carboxylic acids is 1. The van der Waals surface area contributed by atoms with Gasteiger partial charge < -0.3 is 25.5 Å². The van der Waals surface area contributed by atoms with E-state index < -0.39 is 37.4 Å². The second kappa shape index (κ2) is 9.50. The molecule has 3 atom stereocenters. The highest BCUT2D eigenvalue weighted by Crippen LogP contribution is 2.11. The van der Waals surface area contributed by atoms with Crippen molar-refractivity contribution < 1.29 is 30.3 Å². The molecule has 1 aromatic rings. The van der Waals surface area contributed by atoms with E-state index in [-0.39, 0.29) is 19.5 Å². The molecule has 0 aromatic heterocycles. The first-order valence-electron chi connectivity index (χ1n) is 7.06. The van der Waals surface area contributed by atoms with Crippen LogP contribution in [0.1, 0.15) is 5.56 Å². The third-order valence-electron chi connectivity index (χ3n) is 3.31. The quantitative estimate of drug-likeness (QED) is 0.363. The predicted molar refractivity (Wildman–Crippen MR) is 79.3 cm³/mol. The lowest BCUT2D eigenvalue weighted by molar-refractivity contribution is -0.144. The third-order valence-corrected chi connectivity index (χ3v) is 3.31. The molecule has 0 amide bonds. The van der Waals surface area contributed by atoms with E-state index in [0.29, 0.717) is 0 Å². The Morgan fingerprint density at radius 3 is 1.91 bits per heavy atom. The number of rotatable bonds is 10. The molecule has 0 fully saturated rings. The molecule has 5 N–H and O–H groups in total. The van der Waals surface area contributed by atoms with Crippen LogP contribution < -0.4 is 0 Å². The van der Waals surface area contributed by atoms with Crippen LogP contribution in [0.2, 0.25) is 0 Å². The van der Waals surface area contributed by atoms with Crippen LogP contribution in [0.5, 0.6) is 0 Å². The molecule has 0 aliphatic heterocycles. The van der Waals surface area contributed by atoms with Gasteiger partial charge in [-0.2, -0.15) is 0 Å². The normalized spacial score (nSPS) is 15.5. The van der Waals surface area contributed by atoms with Gasteiger partial charge in [0.25, 0.3) is 0 Å². The van der Waals surface area contributed by atoms with Crippen molar-refractivity contribution in [1.29, 1.82) is 0 Å². The van der Waals surface area contributed by atoms with Gasteiger partial charge >= 0.3 is 5.97 Å². The monoisotopic (exact) mass is 313 g/mol. The minimum absolute atomic E-state index is 0.114. The van der Waals surface area contributed by atoms with Gasteiger partial charge in [-0.15, -0.1) is 0 Å². The van der Waals surface area contributed by atoms with Crippen molar-refractivity contribution in [3.63, 3.8) is 0 Å². The van der Waals surface area contributed by atoms with Gasteiger partial charge in [-0.25, -0.2) is 0 Å². The second-order valence-corrected chi connectivity index (χ2v) is 5.17. The van der Waals surface area contributed by atoms with Crippen LogP contribution in [0.15, 0.2) is 30.3 Å². The summed E-state index contributed by atoms with van der Waals surface area (Å²) in [5, 5.41) is 46.5. The van der Waals surface area contributed by atoms with E-state index in [4.69, 9.17) is 10.2 Å². The van der Waals surface area contributed by atoms with Crippen LogP contribution in [0.4, 0.5) is 0 Å². The van der Waals surface area contributed by atoms with Crippen molar-refractivity contribution in [1.82, 2.24) is 4.90 Å². The Hall–Kier alpha value is -1.51. The summed E-state index contributed by atoms with van der Waals surface area (Å²) < 4.78 is 0. The lowest BCUT2D eigenvalue weighted by Gasteiger charge is -2.31. The smallest absolute Gasteiger partial charge is 0.321 e. The van der Waals surface area contributed by atoms with E-state index in [1.54, 1.807) is 24.3 Å². The average Bonchev–Trinajstić information content (AvgIpc) is 2.52. The summed E-state index contributed by atoms with van der Waals surface area (Å²) in [7, 11) is 0. The number of aliphatic carboxylic acids is 1. The molecule has 7 nitrogen and oxygen atoms in total. The van der Waals surface area contributed by atoms with E-state index in [9.17, 15) is 20.1 Å². The number of nitrogens with zero attached hydrogens (tertiary/aromatic N) is 1. The van der Waals surface area contributed by atoms with Gasteiger partial charge in [0.05, 0.1) is 25.4 Å². The summed E-state index contributed by atoms with van der Waals surface area (Å²) in [5.74, 6) is -1.10. The standard InChI is InChI=1S/C15H23NO6/c17-9-12(19)7-16(8-13(20)10-18)14(15(21)22)6-11-4-2-1-3-5-11/h1-5,12-14,17-20H,6-10H2,(H,21,22)/t12?,13?,14-/m0/s1. The Morgan fingerprint density at radius 2 is 1.50 bits per heavy atom. The molecule has 0 saturated carbocycles. The number of hydrogen-bond acceptors (Lipinski definition) is 6. The zero-order valence-electron chi connectivity index (χ0n) is 12.2. The first-order chi connectivity index (χ1) is 10.5. The van der Waals surface area contributed by atoms with E-state index >= 15 is 0 Å². The van der Waals surface area contributed by atoms with Crippen LogP contribution in [0, 0.1) is 0 Å². The zero-order valence-corrected chi connectivity index (χ0v) is 12.2. The minimum atomic E-state index is -1.12. The molecular weight excluding hydrogens is 290 g/mol. The molecule has 1 rings (SSSR count). The number of benzene rings is 1. The minimum Gasteiger partial charge on any atom is -0.480 e. The van der Waals surface area contributed by atoms with Crippen LogP contribution in [0.3, 0.4) is 0 Å². The van der Waals surface area contributed by atoms with E-state index in [1.165, 1.54) is 4.90 Å². The first kappa shape index (κ1) is 18.5. The second-order valence-electron chi connectivity index (χ2n) is 5.17. The molecule has 0 bridgehead atoms. The van der Waals surface area contributed by atoms with E-state index in [1.807, 2.05) is 6.07 Å². The van der Waals surface area contributed by atoms with Crippen LogP contribution in [-0.2, 0) is 11.2 Å². The number of carboxylic acid groups (broad SMARTS) is 1. The van der Waals surface area contributed by atoms with Gasteiger partial charge in [0, 0.05) is 13.1 Å². The van der Waals surface area contributed by atoms with Gasteiger partial charge in [0.1, 0.15) is 6.04 Å². The summed E-state index contributed by atoms with van der Waals surface area (Å²) >= 11 is 0. The molecule has 0 spiro atoms. The van der Waals surface area contributed by atoms with Crippen molar-refractivity contribution >= 4 is 5.97 Å². The number of hydrogen-bond donors (Lipinski definition) is 5. The Bertz CT molecular complexity index is 429. The highest BCUT2D eigenvalue weighted by atomic mass is 16.4. The van der Waals surface area contributed by atoms with Crippen LogP contribution in [0.25, 0.3) is 0 Å². The summed E-state index contributed by atoms with van der Waals surface area (Å²) in [6, 6.07) is 8.01. The van der Waals surface area contributed by atoms with Crippen LogP contribution in [-0.4, -0.2) is 81.0 Å². The van der Waals surface area contributed by atoms with E-state index in [0.717, 1.165) is 5.56 Å². The summed E-state index contributed by atoms with van der Waals surface area (Å²) in [4.78, 5) is 12.9. The van der Waals surface area contributed by atoms with Crippen molar-refractivity contribution in [3.05, 3.63) is 35.9 Å². The Morgan fingerprint density at radius 1 is 1.00 bits per heavy atom. The fourth-order valence-corrected chi connectivity index (χ4v) is 2.20. The lowest BCUT2D eigenvalue weighted by atomic mass is 10.0. The largest absolute Gasteiger partial charge is 0.480 e. The molecule has 22 heavy (non-hydrogen) atoms. The molecule has 124 valence electrons. The van der Waals surface area contributed by atoms with Gasteiger partial charge in [0.2, 0.25) is 0 Å². The highest BCUT2D eigenvalue weighted by Gasteiger charge is 2.29. The Balaban J connectivity index is 2.90. The average molecular weight is 313 g/mol. The molecule has 0 saturated heterocycles. The lowest BCUT2D eigenvalue weighted by Crippen LogP contribution is -2.50. The molecule has 0 heterocycles. The Kier molecular flexibility index (Phi) is 8.00. The first-order valence-corrected chi connectivity index (χ1v) is 7.06. The summed E-state index contributed by atoms with van der Waals surface area (Å²) in [6.07, 6.45) is -2.06. The fraction of sp³-hybridized carbons (Fsp3) is 0.533. The SMILES string of the molecule is O=C(O)[C@H](Cc1ccccc1)N(CC(O)CO)CC(O)CO. The van der Waals surface area contributed by atoms with E-state index in [2.05, 4.69) is 0 Å². The zero-order chi connectivity index (χ0) is 16.5. The van der Waals surface area contributed by atoms with Crippen molar-refractivity contribution in [2.75, 3.05) is 26.3 Å². The third kappa shape index (κ3) is 6.08. The Labute approximate surface area is 129 Å². The molecule has 2 unspecified atom stereocenters. The van der Waals surface area contributed by atoms with Gasteiger partial charge in [-0.3, -0.25) is 9.69 Å². The fourth-order valence-electron chi connectivity index (χ4n) is 2.20. The molecular formula is C15H23NO6. The summed E-state index contributed by atoms with van der Waals surface area (Å²) in [6.45, 7) is -1.25. The molecule has 1 aromatic carbocycles. The predicted octanol–water partition coefficient (Wildman–Crippen LogP) is -1.31. The maximum absolute atomic E-state index is 11.6. The van der Waals surface area contributed by atoms with Crippen molar-refractivity contribution in [2.24, 2.45) is 0 Å². The topological polar surface area (TPSA) is 121 Å². The highest BCUT2D eigenvalue weighted by molar-refractivity contribution is 5.74. The van der Waals surface area contributed by atoms with Gasteiger partial charge in [-0.1, -0.05) is 30.3 Å². The number of aliphatic hydroxyl groups is 4.